The number of nitrogens with one attached hydrogen (secondary N) is 2. The van der Waals surface area contributed by atoms with Gasteiger partial charge in [-0.2, -0.15) is 5.10 Å². The lowest BCUT2D eigenvalue weighted by Crippen LogP contribution is -2.40. The standard InChI is InChI=1S/C12H22N4O/c1-8(2)11-10(7-16(5)15-11)6-14-9(3)12(17)13-4/h7-9,14H,6H2,1-5H3,(H,13,17). The van der Waals surface area contributed by atoms with Crippen LogP contribution in [0.5, 0.6) is 0 Å². The Labute approximate surface area is 103 Å². The third-order valence-electron chi connectivity index (χ3n) is 2.72. The maximum Gasteiger partial charge on any atom is 0.236 e. The summed E-state index contributed by atoms with van der Waals surface area (Å²) >= 11 is 0. The van der Waals surface area contributed by atoms with Crippen molar-refractivity contribution in [3.63, 3.8) is 0 Å². The molecule has 0 fully saturated rings. The van der Waals surface area contributed by atoms with Gasteiger partial charge in [-0.15, -0.1) is 0 Å². The summed E-state index contributed by atoms with van der Waals surface area (Å²) < 4.78 is 1.82. The first-order chi connectivity index (χ1) is 7.95. The van der Waals surface area contributed by atoms with E-state index in [1.807, 2.05) is 24.9 Å². The smallest absolute Gasteiger partial charge is 0.236 e. The Balaban J connectivity index is 2.66. The third kappa shape index (κ3) is 3.56. The molecule has 5 nitrogen and oxygen atoms in total. The van der Waals surface area contributed by atoms with Crippen LogP contribution in [0.1, 0.15) is 37.9 Å². The summed E-state index contributed by atoms with van der Waals surface area (Å²) in [5, 5.41) is 10.2. The minimum atomic E-state index is -0.194. The molecule has 0 saturated heterocycles. The van der Waals surface area contributed by atoms with Crippen LogP contribution in [0.25, 0.3) is 0 Å². The minimum Gasteiger partial charge on any atom is -0.358 e. The molecule has 5 heteroatoms. The van der Waals surface area contributed by atoms with Crippen LogP contribution in [0, 0.1) is 0 Å². The second-order valence-corrected chi connectivity index (χ2v) is 4.58. The fourth-order valence-electron chi connectivity index (χ4n) is 1.75. The van der Waals surface area contributed by atoms with E-state index in [2.05, 4.69) is 29.6 Å². The molecule has 0 radical (unpaired) electrons. The molecule has 0 aliphatic rings. The Morgan fingerprint density at radius 1 is 1.47 bits per heavy atom. The lowest BCUT2D eigenvalue weighted by Gasteiger charge is -2.12. The van der Waals surface area contributed by atoms with E-state index < -0.39 is 0 Å². The van der Waals surface area contributed by atoms with Crippen molar-refractivity contribution in [1.29, 1.82) is 0 Å². The van der Waals surface area contributed by atoms with E-state index in [1.165, 1.54) is 0 Å². The van der Waals surface area contributed by atoms with Crippen LogP contribution in [0.2, 0.25) is 0 Å². The molecule has 1 aromatic heterocycles. The van der Waals surface area contributed by atoms with E-state index in [4.69, 9.17) is 0 Å². The highest BCUT2D eigenvalue weighted by atomic mass is 16.2. The lowest BCUT2D eigenvalue weighted by molar-refractivity contribution is -0.122. The number of likely N-dealkylation sites (N-methyl/N-ethyl adjacent to an activating group) is 1. The largest absolute Gasteiger partial charge is 0.358 e. The summed E-state index contributed by atoms with van der Waals surface area (Å²) in [6.07, 6.45) is 2.00. The highest BCUT2D eigenvalue weighted by Crippen LogP contribution is 2.16. The first kappa shape index (κ1) is 13.7. The maximum atomic E-state index is 11.4. The van der Waals surface area contributed by atoms with E-state index in [-0.39, 0.29) is 11.9 Å². The van der Waals surface area contributed by atoms with E-state index >= 15 is 0 Å². The zero-order valence-electron chi connectivity index (χ0n) is 11.2. The number of rotatable bonds is 5. The number of aromatic nitrogens is 2. The van der Waals surface area contributed by atoms with Crippen molar-refractivity contribution >= 4 is 5.91 Å². The number of carbonyl (C=O) groups excluding carboxylic acids is 1. The van der Waals surface area contributed by atoms with E-state index in [0.717, 1.165) is 11.3 Å². The van der Waals surface area contributed by atoms with Crippen LogP contribution >= 0.6 is 0 Å². The fourth-order valence-corrected chi connectivity index (χ4v) is 1.75. The van der Waals surface area contributed by atoms with Gasteiger partial charge in [0, 0.05) is 32.4 Å². The molecule has 1 aromatic rings. The summed E-state index contributed by atoms with van der Waals surface area (Å²) in [4.78, 5) is 11.4. The van der Waals surface area contributed by atoms with Crippen LogP contribution in [0.3, 0.4) is 0 Å². The van der Waals surface area contributed by atoms with Crippen molar-refractivity contribution in [2.45, 2.75) is 39.3 Å². The molecule has 0 spiro atoms. The third-order valence-corrected chi connectivity index (χ3v) is 2.72. The van der Waals surface area contributed by atoms with Gasteiger partial charge in [0.2, 0.25) is 5.91 Å². The Hall–Kier alpha value is -1.36. The first-order valence-electron chi connectivity index (χ1n) is 5.93. The Morgan fingerprint density at radius 3 is 2.65 bits per heavy atom. The summed E-state index contributed by atoms with van der Waals surface area (Å²) in [5.41, 5.74) is 2.24. The normalized spacial score (nSPS) is 12.8. The zero-order valence-corrected chi connectivity index (χ0v) is 11.2. The Morgan fingerprint density at radius 2 is 2.12 bits per heavy atom. The number of aryl methyl sites for hydroxylation is 1. The summed E-state index contributed by atoms with van der Waals surface area (Å²) in [6.45, 7) is 6.75. The van der Waals surface area contributed by atoms with Crippen LogP contribution in [-0.2, 0) is 18.4 Å². The molecular weight excluding hydrogens is 216 g/mol. The average molecular weight is 238 g/mol. The first-order valence-corrected chi connectivity index (χ1v) is 5.93. The van der Waals surface area contributed by atoms with Crippen LogP contribution < -0.4 is 10.6 Å². The van der Waals surface area contributed by atoms with E-state index in [9.17, 15) is 4.79 Å². The SMILES string of the molecule is CNC(=O)C(C)NCc1cn(C)nc1C(C)C. The molecular formula is C12H22N4O. The van der Waals surface area contributed by atoms with Gasteiger partial charge < -0.3 is 10.6 Å². The van der Waals surface area contributed by atoms with Gasteiger partial charge in [-0.1, -0.05) is 13.8 Å². The molecule has 1 unspecified atom stereocenters. The maximum absolute atomic E-state index is 11.4. The Bertz CT molecular complexity index is 384. The quantitative estimate of drug-likeness (QED) is 0.796. The highest BCUT2D eigenvalue weighted by molar-refractivity contribution is 5.80. The van der Waals surface area contributed by atoms with Crippen molar-refractivity contribution in [3.05, 3.63) is 17.5 Å². The number of amides is 1. The molecule has 0 aliphatic carbocycles. The second-order valence-electron chi connectivity index (χ2n) is 4.58. The summed E-state index contributed by atoms with van der Waals surface area (Å²) in [7, 11) is 3.56. The van der Waals surface area contributed by atoms with Crippen molar-refractivity contribution in [2.24, 2.45) is 7.05 Å². The summed E-state index contributed by atoms with van der Waals surface area (Å²) in [6, 6.07) is -0.194. The molecule has 0 aliphatic heterocycles. The zero-order chi connectivity index (χ0) is 13.0. The number of nitrogens with zero attached hydrogens (tertiary/aromatic N) is 2. The van der Waals surface area contributed by atoms with Gasteiger partial charge in [0.15, 0.2) is 0 Å². The fraction of sp³-hybridized carbons (Fsp3) is 0.667. The monoisotopic (exact) mass is 238 g/mol. The van der Waals surface area contributed by atoms with Gasteiger partial charge >= 0.3 is 0 Å². The molecule has 1 amide bonds. The lowest BCUT2D eigenvalue weighted by atomic mass is 10.1. The van der Waals surface area contributed by atoms with Gasteiger partial charge in [-0.3, -0.25) is 9.48 Å². The van der Waals surface area contributed by atoms with E-state index in [0.29, 0.717) is 12.5 Å². The molecule has 17 heavy (non-hydrogen) atoms. The highest BCUT2D eigenvalue weighted by Gasteiger charge is 2.14. The van der Waals surface area contributed by atoms with E-state index in [1.54, 1.807) is 7.05 Å². The van der Waals surface area contributed by atoms with Crippen molar-refractivity contribution in [3.8, 4) is 0 Å². The number of carbonyl (C=O) groups is 1. The van der Waals surface area contributed by atoms with Crippen molar-refractivity contribution in [1.82, 2.24) is 20.4 Å². The van der Waals surface area contributed by atoms with Crippen molar-refractivity contribution < 1.29 is 4.79 Å². The Kier molecular flexibility index (Phi) is 4.69. The molecule has 0 saturated carbocycles. The molecule has 1 atom stereocenters. The predicted molar refractivity (Wildman–Crippen MR) is 67.7 cm³/mol. The predicted octanol–water partition coefficient (Wildman–Crippen LogP) is 0.768. The van der Waals surface area contributed by atoms with Crippen LogP contribution in [-0.4, -0.2) is 28.8 Å². The molecule has 0 aromatic carbocycles. The molecule has 96 valence electrons. The molecule has 2 N–H and O–H groups in total. The molecule has 1 rings (SSSR count). The molecule has 0 bridgehead atoms. The van der Waals surface area contributed by atoms with Gasteiger partial charge in [0.25, 0.3) is 0 Å². The second kappa shape index (κ2) is 5.82. The van der Waals surface area contributed by atoms with Gasteiger partial charge in [-0.05, 0) is 12.8 Å². The summed E-state index contributed by atoms with van der Waals surface area (Å²) in [5.74, 6) is 0.392. The average Bonchev–Trinajstić information content (AvgIpc) is 2.66. The van der Waals surface area contributed by atoms with Crippen LogP contribution in [0.4, 0.5) is 0 Å². The minimum absolute atomic E-state index is 0.0000118. The number of hydrogen-bond donors (Lipinski definition) is 2. The molecule has 1 heterocycles. The van der Waals surface area contributed by atoms with Crippen molar-refractivity contribution in [2.75, 3.05) is 7.05 Å². The number of hydrogen-bond acceptors (Lipinski definition) is 3. The van der Waals surface area contributed by atoms with Crippen LogP contribution in [0.15, 0.2) is 6.20 Å². The van der Waals surface area contributed by atoms with Gasteiger partial charge in [0.05, 0.1) is 11.7 Å². The topological polar surface area (TPSA) is 59.0 Å². The van der Waals surface area contributed by atoms with Gasteiger partial charge in [-0.25, -0.2) is 0 Å². The van der Waals surface area contributed by atoms with Gasteiger partial charge in [0.1, 0.15) is 0 Å².